The van der Waals surface area contributed by atoms with Gasteiger partial charge in [0.05, 0.1) is 23.5 Å². The van der Waals surface area contributed by atoms with Crippen LogP contribution in [0.2, 0.25) is 0 Å². The van der Waals surface area contributed by atoms with Crippen molar-refractivity contribution in [3.05, 3.63) is 107 Å². The van der Waals surface area contributed by atoms with Gasteiger partial charge in [0, 0.05) is 36.2 Å². The first kappa shape index (κ1) is 25.4. The lowest BCUT2D eigenvalue weighted by Crippen LogP contribution is -2.33. The number of aromatic nitrogens is 2. The van der Waals surface area contributed by atoms with Gasteiger partial charge in [0.25, 0.3) is 0 Å². The molecule has 3 N–H and O–H groups in total. The molecular formula is C29H28FN5O2S. The minimum atomic E-state index is -0.478. The van der Waals surface area contributed by atoms with Gasteiger partial charge in [0.1, 0.15) is 11.6 Å². The van der Waals surface area contributed by atoms with Crippen molar-refractivity contribution in [3.63, 3.8) is 0 Å². The van der Waals surface area contributed by atoms with Crippen LogP contribution in [-0.4, -0.2) is 37.1 Å². The van der Waals surface area contributed by atoms with E-state index >= 15 is 0 Å². The predicted octanol–water partition coefficient (Wildman–Crippen LogP) is 5.34. The van der Waals surface area contributed by atoms with Crippen LogP contribution in [-0.2, 0) is 4.79 Å². The number of benzene rings is 2. The maximum absolute atomic E-state index is 14.0. The second-order valence-corrected chi connectivity index (χ2v) is 9.66. The van der Waals surface area contributed by atoms with E-state index in [4.69, 9.17) is 12.2 Å². The molecule has 2 aromatic carbocycles. The molecule has 0 aliphatic carbocycles. The number of phenolic OH excluding ortho intramolecular Hbond substituents is 1. The number of amides is 1. The van der Waals surface area contributed by atoms with E-state index < -0.39 is 5.82 Å². The quantitative estimate of drug-likeness (QED) is 0.281. The van der Waals surface area contributed by atoms with Gasteiger partial charge in [0.15, 0.2) is 5.11 Å². The molecule has 4 aromatic rings. The largest absolute Gasteiger partial charge is 0.508 e. The average molecular weight is 530 g/mol. The van der Waals surface area contributed by atoms with Gasteiger partial charge in [-0.05, 0) is 86.2 Å². The van der Waals surface area contributed by atoms with E-state index in [1.54, 1.807) is 30.5 Å². The van der Waals surface area contributed by atoms with Crippen LogP contribution < -0.4 is 10.6 Å². The van der Waals surface area contributed by atoms with Crippen LogP contribution >= 0.6 is 12.2 Å². The molecule has 1 fully saturated rings. The summed E-state index contributed by atoms with van der Waals surface area (Å²) in [6.45, 7) is 4.42. The molecule has 0 radical (unpaired) electrons. The zero-order valence-electron chi connectivity index (χ0n) is 21.1. The van der Waals surface area contributed by atoms with E-state index in [2.05, 4.69) is 33.2 Å². The Kier molecular flexibility index (Phi) is 7.11. The summed E-state index contributed by atoms with van der Waals surface area (Å²) in [7, 11) is 0. The number of aryl methyl sites for hydroxylation is 1. The number of aromatic hydroxyl groups is 1. The minimum absolute atomic E-state index is 0.123. The van der Waals surface area contributed by atoms with Crippen molar-refractivity contribution >= 4 is 28.9 Å². The highest BCUT2D eigenvalue weighted by molar-refractivity contribution is 7.80. The van der Waals surface area contributed by atoms with Gasteiger partial charge in [-0.2, -0.15) is 0 Å². The van der Waals surface area contributed by atoms with Crippen LogP contribution in [0, 0.1) is 19.7 Å². The van der Waals surface area contributed by atoms with E-state index in [9.17, 15) is 14.3 Å². The van der Waals surface area contributed by atoms with Crippen molar-refractivity contribution < 1.29 is 14.3 Å². The maximum Gasteiger partial charge on any atom is 0.226 e. The van der Waals surface area contributed by atoms with E-state index in [0.29, 0.717) is 11.7 Å². The zero-order chi connectivity index (χ0) is 26.8. The summed E-state index contributed by atoms with van der Waals surface area (Å²) in [5, 5.41) is 16.4. The highest BCUT2D eigenvalue weighted by atomic mass is 32.1. The minimum Gasteiger partial charge on any atom is -0.508 e. The van der Waals surface area contributed by atoms with E-state index in [-0.39, 0.29) is 35.8 Å². The summed E-state index contributed by atoms with van der Waals surface area (Å²) in [4.78, 5) is 19.4. The number of hydrogen-bond acceptors (Lipinski definition) is 4. The first-order valence-electron chi connectivity index (χ1n) is 12.3. The summed E-state index contributed by atoms with van der Waals surface area (Å²) in [5.74, 6) is -0.571. The number of anilines is 1. The number of nitrogens with zero attached hydrogens (tertiary/aromatic N) is 3. The zero-order valence-corrected chi connectivity index (χ0v) is 21.9. The Morgan fingerprint density at radius 1 is 1.11 bits per heavy atom. The van der Waals surface area contributed by atoms with Crippen LogP contribution in [0.5, 0.6) is 5.75 Å². The fourth-order valence-electron chi connectivity index (χ4n) is 5.07. The molecular weight excluding hydrogens is 501 g/mol. The monoisotopic (exact) mass is 529 g/mol. The lowest BCUT2D eigenvalue weighted by molar-refractivity contribution is -0.116. The van der Waals surface area contributed by atoms with Crippen LogP contribution in [0.4, 0.5) is 10.1 Å². The molecule has 9 heteroatoms. The lowest BCUT2D eigenvalue weighted by atomic mass is 9.96. The predicted molar refractivity (Wildman–Crippen MR) is 149 cm³/mol. The molecule has 38 heavy (non-hydrogen) atoms. The Morgan fingerprint density at radius 3 is 2.55 bits per heavy atom. The van der Waals surface area contributed by atoms with Gasteiger partial charge in [-0.15, -0.1) is 0 Å². The van der Waals surface area contributed by atoms with Crippen molar-refractivity contribution in [2.75, 3.05) is 11.9 Å². The second-order valence-electron chi connectivity index (χ2n) is 9.28. The smallest absolute Gasteiger partial charge is 0.226 e. The average Bonchev–Trinajstić information content (AvgIpc) is 3.39. The lowest BCUT2D eigenvalue weighted by Gasteiger charge is -2.28. The molecule has 3 heterocycles. The van der Waals surface area contributed by atoms with Gasteiger partial charge < -0.3 is 25.2 Å². The number of para-hydroxylation sites is 1. The van der Waals surface area contributed by atoms with Crippen LogP contribution in [0.1, 0.15) is 41.1 Å². The third-order valence-corrected chi connectivity index (χ3v) is 7.17. The molecule has 1 aliphatic heterocycles. The van der Waals surface area contributed by atoms with Gasteiger partial charge in [-0.3, -0.25) is 9.78 Å². The third kappa shape index (κ3) is 4.97. The van der Waals surface area contributed by atoms with E-state index in [1.807, 2.05) is 42.2 Å². The number of thiocarbonyl (C=S) groups is 1. The van der Waals surface area contributed by atoms with Gasteiger partial charge in [-0.1, -0.05) is 18.2 Å². The van der Waals surface area contributed by atoms with E-state index in [1.165, 1.54) is 12.1 Å². The number of phenols is 1. The molecule has 1 aliphatic rings. The van der Waals surface area contributed by atoms with Gasteiger partial charge in [-0.25, -0.2) is 4.39 Å². The molecule has 1 amide bonds. The molecule has 0 unspecified atom stereocenters. The van der Waals surface area contributed by atoms with Crippen LogP contribution in [0.3, 0.4) is 0 Å². The van der Waals surface area contributed by atoms with Gasteiger partial charge >= 0.3 is 0 Å². The number of carbonyl (C=O) groups is 1. The van der Waals surface area contributed by atoms with E-state index in [0.717, 1.165) is 28.3 Å². The van der Waals surface area contributed by atoms with Crippen LogP contribution in [0.25, 0.3) is 5.69 Å². The highest BCUT2D eigenvalue weighted by Crippen LogP contribution is 2.41. The number of carbonyl (C=O) groups excluding carboxylic acids is 1. The Balaban J connectivity index is 1.47. The summed E-state index contributed by atoms with van der Waals surface area (Å²) >= 11 is 5.75. The molecule has 5 rings (SSSR count). The number of nitrogens with one attached hydrogen (secondary N) is 2. The van der Waals surface area contributed by atoms with Gasteiger partial charge in [0.2, 0.25) is 5.91 Å². The fraction of sp³-hybridized carbons (Fsp3) is 0.207. The Bertz CT molecular complexity index is 1470. The first-order valence-corrected chi connectivity index (χ1v) is 12.7. The maximum atomic E-state index is 14.0. The SMILES string of the molecule is Cc1cc([C@@H]2[C@@H](c3ccccn3)NC(=S)N2CCC(=O)Nc2ccccc2F)c(C)n1-c1ccc(O)cc1. The fourth-order valence-corrected chi connectivity index (χ4v) is 5.40. The van der Waals surface area contributed by atoms with Crippen molar-refractivity contribution in [1.82, 2.24) is 19.8 Å². The molecule has 1 saturated heterocycles. The third-order valence-electron chi connectivity index (χ3n) is 6.82. The Morgan fingerprint density at radius 2 is 1.84 bits per heavy atom. The molecule has 194 valence electrons. The second kappa shape index (κ2) is 10.6. The molecule has 0 spiro atoms. The Hall–Kier alpha value is -4.24. The summed E-state index contributed by atoms with van der Waals surface area (Å²) in [6, 6.07) is 20.6. The van der Waals surface area contributed by atoms with Crippen molar-refractivity contribution in [2.45, 2.75) is 32.4 Å². The molecule has 2 atom stereocenters. The standard InChI is InChI=1S/C29H28FN5O2S/c1-18-17-22(19(2)35(18)20-10-12-21(36)13-11-20)28-27(25-9-5-6-15-31-25)33-29(38)34(28)16-14-26(37)32-24-8-4-3-7-23(24)30/h3-13,15,17,27-28,36H,14,16H2,1-2H3,(H,32,37)(H,33,38)/t27-,28-/m1/s1. The molecule has 0 bridgehead atoms. The molecule has 0 saturated carbocycles. The topological polar surface area (TPSA) is 82.4 Å². The number of rotatable bonds is 7. The number of hydrogen-bond donors (Lipinski definition) is 3. The molecule has 2 aromatic heterocycles. The van der Waals surface area contributed by atoms with Crippen molar-refractivity contribution in [3.8, 4) is 11.4 Å². The molecule has 7 nitrogen and oxygen atoms in total. The normalized spacial score (nSPS) is 16.9. The number of halogens is 1. The number of pyridine rings is 1. The first-order chi connectivity index (χ1) is 18.3. The van der Waals surface area contributed by atoms with Crippen molar-refractivity contribution in [1.29, 1.82) is 0 Å². The Labute approximate surface area is 225 Å². The van der Waals surface area contributed by atoms with Crippen molar-refractivity contribution in [2.24, 2.45) is 0 Å². The highest BCUT2D eigenvalue weighted by Gasteiger charge is 2.41. The summed E-state index contributed by atoms with van der Waals surface area (Å²) in [6.07, 6.45) is 1.87. The van der Waals surface area contributed by atoms with Crippen LogP contribution in [0.15, 0.2) is 79.0 Å². The summed E-state index contributed by atoms with van der Waals surface area (Å²) < 4.78 is 16.2. The summed E-state index contributed by atoms with van der Waals surface area (Å²) in [5.41, 5.74) is 5.02.